The van der Waals surface area contributed by atoms with Crippen LogP contribution in [0, 0.1) is 27.7 Å². The number of thiazole rings is 1. The van der Waals surface area contributed by atoms with Gasteiger partial charge in [-0.25, -0.2) is 4.98 Å². The number of aromatic nitrogens is 1. The fourth-order valence-electron chi connectivity index (χ4n) is 4.61. The molecule has 4 aromatic rings. The maximum absolute atomic E-state index is 13.7. The van der Waals surface area contributed by atoms with Gasteiger partial charge in [-0.2, -0.15) is 0 Å². The average molecular weight is 482 g/mol. The minimum Gasteiger partial charge on any atom is -0.322 e. The molecule has 0 saturated heterocycles. The van der Waals surface area contributed by atoms with Crippen molar-refractivity contribution in [2.24, 2.45) is 0 Å². The molecule has 0 aliphatic carbocycles. The Morgan fingerprint density at radius 3 is 2.51 bits per heavy atom. The van der Waals surface area contributed by atoms with Crippen molar-refractivity contribution in [1.29, 1.82) is 0 Å². The number of hydrogen-bond acceptors (Lipinski definition) is 4. The fourth-order valence-corrected chi connectivity index (χ4v) is 5.55. The Labute approximate surface area is 209 Å². The highest BCUT2D eigenvalue weighted by Gasteiger charge is 2.27. The van der Waals surface area contributed by atoms with E-state index < -0.39 is 0 Å². The summed E-state index contributed by atoms with van der Waals surface area (Å²) < 4.78 is 0. The number of anilines is 2. The van der Waals surface area contributed by atoms with Gasteiger partial charge in [0, 0.05) is 40.2 Å². The lowest BCUT2D eigenvalue weighted by Crippen LogP contribution is -2.33. The number of nitrogens with zero attached hydrogens (tertiary/aromatic N) is 2. The number of rotatable bonds is 3. The third-order valence-corrected chi connectivity index (χ3v) is 7.44. The lowest BCUT2D eigenvalue weighted by atomic mass is 10.0. The van der Waals surface area contributed by atoms with Gasteiger partial charge in [0.05, 0.1) is 16.4 Å². The molecule has 1 N–H and O–H groups in total. The molecule has 0 spiro atoms. The number of nitrogens with one attached hydrogen (secondary N) is 1. The van der Waals surface area contributed by atoms with Crippen LogP contribution in [0.2, 0.25) is 0 Å². The molecule has 0 atom stereocenters. The minimum atomic E-state index is -0.153. The summed E-state index contributed by atoms with van der Waals surface area (Å²) in [6.45, 7) is 8.42. The first kappa shape index (κ1) is 23.0. The molecule has 2 heterocycles. The standard InChI is InChI=1S/C29H27N3O2S/c1-17-9-10-18(2)24(15-17)28(33)31-21-11-12-22(19(3)16-21)29(34)32-14-13-26-27(30-20(4)35-26)23-7-5-6-8-25(23)32/h5-12,15-16H,13-14H2,1-4H3,(H,31,33). The Balaban J connectivity index is 1.42. The molecule has 6 heteroatoms. The molecule has 35 heavy (non-hydrogen) atoms. The monoisotopic (exact) mass is 481 g/mol. The van der Waals surface area contributed by atoms with Gasteiger partial charge in [0.1, 0.15) is 0 Å². The van der Waals surface area contributed by atoms with Gasteiger partial charge in [0.15, 0.2) is 0 Å². The van der Waals surface area contributed by atoms with E-state index in [-0.39, 0.29) is 11.8 Å². The zero-order valence-electron chi connectivity index (χ0n) is 20.3. The molecule has 1 aliphatic heterocycles. The van der Waals surface area contributed by atoms with Crippen molar-refractivity contribution in [2.45, 2.75) is 34.1 Å². The van der Waals surface area contributed by atoms with Crippen molar-refractivity contribution in [1.82, 2.24) is 4.98 Å². The zero-order valence-corrected chi connectivity index (χ0v) is 21.1. The first-order chi connectivity index (χ1) is 16.8. The molecule has 5 nitrogen and oxygen atoms in total. The summed E-state index contributed by atoms with van der Waals surface area (Å²) in [6, 6.07) is 19.3. The zero-order chi connectivity index (χ0) is 24.7. The van der Waals surface area contributed by atoms with E-state index in [1.54, 1.807) is 17.4 Å². The van der Waals surface area contributed by atoms with Crippen molar-refractivity contribution in [3.8, 4) is 11.3 Å². The normalized spacial score (nSPS) is 12.5. The van der Waals surface area contributed by atoms with Crippen molar-refractivity contribution >= 4 is 34.5 Å². The van der Waals surface area contributed by atoms with E-state index in [0.717, 1.165) is 45.1 Å². The van der Waals surface area contributed by atoms with Crippen LogP contribution >= 0.6 is 11.3 Å². The highest BCUT2D eigenvalue weighted by Crippen LogP contribution is 2.39. The number of aryl methyl sites for hydroxylation is 4. The van der Waals surface area contributed by atoms with Crippen LogP contribution in [0.15, 0.2) is 60.7 Å². The molecule has 2 amide bonds. The van der Waals surface area contributed by atoms with Gasteiger partial charge >= 0.3 is 0 Å². The van der Waals surface area contributed by atoms with E-state index in [1.807, 2.05) is 87.2 Å². The second-order valence-electron chi connectivity index (χ2n) is 9.03. The Bertz CT molecular complexity index is 1470. The second kappa shape index (κ2) is 9.12. The van der Waals surface area contributed by atoms with E-state index in [2.05, 4.69) is 5.32 Å². The van der Waals surface area contributed by atoms with Gasteiger partial charge < -0.3 is 10.2 Å². The highest BCUT2D eigenvalue weighted by molar-refractivity contribution is 7.12. The molecule has 1 aromatic heterocycles. The molecule has 0 unspecified atom stereocenters. The maximum Gasteiger partial charge on any atom is 0.258 e. The summed E-state index contributed by atoms with van der Waals surface area (Å²) in [6.07, 6.45) is 0.768. The molecule has 5 rings (SSSR count). The van der Waals surface area contributed by atoms with Crippen molar-refractivity contribution in [3.63, 3.8) is 0 Å². The summed E-state index contributed by atoms with van der Waals surface area (Å²) >= 11 is 1.70. The van der Waals surface area contributed by atoms with Gasteiger partial charge in [-0.1, -0.05) is 35.9 Å². The van der Waals surface area contributed by atoms with E-state index in [4.69, 9.17) is 4.98 Å². The summed E-state index contributed by atoms with van der Waals surface area (Å²) in [5.41, 5.74) is 7.59. The third-order valence-electron chi connectivity index (χ3n) is 6.41. The van der Waals surface area contributed by atoms with Crippen LogP contribution in [-0.4, -0.2) is 23.3 Å². The highest BCUT2D eigenvalue weighted by atomic mass is 32.1. The summed E-state index contributed by atoms with van der Waals surface area (Å²) in [5.74, 6) is -0.200. The van der Waals surface area contributed by atoms with E-state index >= 15 is 0 Å². The summed E-state index contributed by atoms with van der Waals surface area (Å²) in [4.78, 5) is 34.4. The smallest absolute Gasteiger partial charge is 0.258 e. The lowest BCUT2D eigenvalue weighted by molar-refractivity contribution is 0.0985. The molecule has 3 aromatic carbocycles. The molecule has 176 valence electrons. The number of carbonyl (C=O) groups is 2. The number of para-hydroxylation sites is 1. The van der Waals surface area contributed by atoms with Crippen molar-refractivity contribution in [3.05, 3.63) is 98.4 Å². The van der Waals surface area contributed by atoms with Crippen LogP contribution in [-0.2, 0) is 6.42 Å². The van der Waals surface area contributed by atoms with Gasteiger partial charge in [0.25, 0.3) is 11.8 Å². The predicted molar refractivity (Wildman–Crippen MR) is 143 cm³/mol. The van der Waals surface area contributed by atoms with E-state index in [1.165, 1.54) is 4.88 Å². The summed E-state index contributed by atoms with van der Waals surface area (Å²) in [7, 11) is 0. The maximum atomic E-state index is 13.7. The molecule has 0 saturated carbocycles. The SMILES string of the molecule is Cc1ccc(C)c(C(=O)Nc2ccc(C(=O)N3CCc4sc(C)nc4-c4ccccc43)c(C)c2)c1. The molecule has 0 bridgehead atoms. The van der Waals surface area contributed by atoms with Crippen LogP contribution < -0.4 is 10.2 Å². The van der Waals surface area contributed by atoms with Gasteiger partial charge in [-0.3, -0.25) is 9.59 Å². The number of carbonyl (C=O) groups excluding carboxylic acids is 2. The third kappa shape index (κ3) is 4.37. The lowest BCUT2D eigenvalue weighted by Gasteiger charge is -2.24. The molecule has 0 radical (unpaired) electrons. The fraction of sp³-hybridized carbons (Fsp3) is 0.207. The van der Waals surface area contributed by atoms with Gasteiger partial charge in [0.2, 0.25) is 0 Å². The first-order valence-electron chi connectivity index (χ1n) is 11.7. The second-order valence-corrected chi connectivity index (χ2v) is 10.3. The van der Waals surface area contributed by atoms with Crippen LogP contribution in [0.25, 0.3) is 11.3 Å². The average Bonchev–Trinajstić information content (AvgIpc) is 3.14. The Hall–Kier alpha value is -3.77. The van der Waals surface area contributed by atoms with Crippen LogP contribution in [0.1, 0.15) is 47.3 Å². The topological polar surface area (TPSA) is 62.3 Å². The van der Waals surface area contributed by atoms with Crippen LogP contribution in [0.5, 0.6) is 0 Å². The molecular weight excluding hydrogens is 454 g/mol. The first-order valence-corrected chi connectivity index (χ1v) is 12.5. The number of benzene rings is 3. The van der Waals surface area contributed by atoms with Crippen LogP contribution in [0.4, 0.5) is 11.4 Å². The van der Waals surface area contributed by atoms with Crippen molar-refractivity contribution in [2.75, 3.05) is 16.8 Å². The Morgan fingerprint density at radius 2 is 1.71 bits per heavy atom. The van der Waals surface area contributed by atoms with Crippen molar-refractivity contribution < 1.29 is 9.59 Å². The quantitative estimate of drug-likeness (QED) is 0.363. The predicted octanol–water partition coefficient (Wildman–Crippen LogP) is 6.50. The van der Waals surface area contributed by atoms with Gasteiger partial charge in [-0.05, 0) is 69.2 Å². The number of fused-ring (bicyclic) bond motifs is 3. The molecular formula is C29H27N3O2S. The largest absolute Gasteiger partial charge is 0.322 e. The number of hydrogen-bond donors (Lipinski definition) is 1. The molecule has 0 fully saturated rings. The Morgan fingerprint density at radius 1 is 0.914 bits per heavy atom. The minimum absolute atomic E-state index is 0.0470. The van der Waals surface area contributed by atoms with Crippen LogP contribution in [0.3, 0.4) is 0 Å². The molecule has 1 aliphatic rings. The summed E-state index contributed by atoms with van der Waals surface area (Å²) in [5, 5.41) is 4.02. The van der Waals surface area contributed by atoms with E-state index in [0.29, 0.717) is 23.4 Å². The van der Waals surface area contributed by atoms with E-state index in [9.17, 15) is 9.59 Å². The Kier molecular flexibility index (Phi) is 5.99. The number of amides is 2. The van der Waals surface area contributed by atoms with Gasteiger partial charge in [-0.15, -0.1) is 11.3 Å².